The van der Waals surface area contributed by atoms with E-state index in [-0.39, 0.29) is 18.2 Å². The highest BCUT2D eigenvalue weighted by molar-refractivity contribution is 5.70. The zero-order valence-corrected chi connectivity index (χ0v) is 12.3. The summed E-state index contributed by atoms with van der Waals surface area (Å²) in [5.41, 5.74) is 0.945. The third-order valence-electron chi connectivity index (χ3n) is 2.46. The Morgan fingerprint density at radius 1 is 1.32 bits per heavy atom. The Kier molecular flexibility index (Phi) is 5.67. The van der Waals surface area contributed by atoms with Gasteiger partial charge in [0.05, 0.1) is 13.2 Å². The Labute approximate surface area is 115 Å². The molecule has 1 aliphatic heterocycles. The number of cyclic esters (lactones) is 1. The van der Waals surface area contributed by atoms with Gasteiger partial charge in [-0.05, 0) is 30.5 Å². The molecule has 1 heterocycles. The van der Waals surface area contributed by atoms with Crippen molar-refractivity contribution in [3.8, 4) is 5.75 Å². The van der Waals surface area contributed by atoms with Gasteiger partial charge in [0.25, 0.3) is 0 Å². The van der Waals surface area contributed by atoms with Crippen LogP contribution in [-0.4, -0.2) is 19.2 Å². The van der Waals surface area contributed by atoms with Gasteiger partial charge < -0.3 is 14.8 Å². The molecule has 1 amide bonds. The third kappa shape index (κ3) is 4.81. The van der Waals surface area contributed by atoms with E-state index in [1.54, 1.807) is 7.11 Å². The number of carbonyl (C=O) groups excluding carboxylic acids is 1. The smallest absolute Gasteiger partial charge is 0.408 e. The zero-order chi connectivity index (χ0) is 14.4. The van der Waals surface area contributed by atoms with Crippen molar-refractivity contribution >= 4 is 6.09 Å². The minimum Gasteiger partial charge on any atom is -0.497 e. The van der Waals surface area contributed by atoms with Gasteiger partial charge in [-0.15, -0.1) is 0 Å². The van der Waals surface area contributed by atoms with Crippen molar-refractivity contribution in [1.29, 1.82) is 0 Å². The normalized spacial score (nSPS) is 21.3. The fraction of sp³-hybridized carbons (Fsp3) is 0.533. The number of benzene rings is 1. The largest absolute Gasteiger partial charge is 0.497 e. The number of hydrogen-bond acceptors (Lipinski definition) is 3. The summed E-state index contributed by atoms with van der Waals surface area (Å²) in [7, 11) is 1.61. The number of hydrogen-bond donors (Lipinski definition) is 1. The maximum Gasteiger partial charge on any atom is 0.408 e. The minimum absolute atomic E-state index is 0.00962. The lowest BCUT2D eigenvalue weighted by Gasteiger charge is -2.13. The number of ether oxygens (including phenoxy) is 2. The Bertz CT molecular complexity index is 415. The first-order valence-corrected chi connectivity index (χ1v) is 6.55. The summed E-state index contributed by atoms with van der Waals surface area (Å²) in [5, 5.41) is 2.70. The summed E-state index contributed by atoms with van der Waals surface area (Å²) in [4.78, 5) is 11.0. The van der Waals surface area contributed by atoms with E-state index in [0.717, 1.165) is 17.2 Å². The lowest BCUT2D eigenvalue weighted by molar-refractivity contribution is 0.133. The lowest BCUT2D eigenvalue weighted by Crippen LogP contribution is -2.23. The maximum atomic E-state index is 11.0. The van der Waals surface area contributed by atoms with Gasteiger partial charge >= 0.3 is 6.09 Å². The van der Waals surface area contributed by atoms with Gasteiger partial charge in [0.1, 0.15) is 11.9 Å². The molecule has 0 radical (unpaired) electrons. The highest BCUT2D eigenvalue weighted by Crippen LogP contribution is 2.28. The lowest BCUT2D eigenvalue weighted by atomic mass is 10.0. The molecule has 1 saturated heterocycles. The second kappa shape index (κ2) is 7.02. The van der Waals surface area contributed by atoms with E-state index in [9.17, 15) is 4.79 Å². The van der Waals surface area contributed by atoms with Crippen LogP contribution in [0.4, 0.5) is 4.79 Å². The number of amides is 1. The van der Waals surface area contributed by atoms with Crippen molar-refractivity contribution in [1.82, 2.24) is 5.32 Å². The molecule has 0 bridgehead atoms. The van der Waals surface area contributed by atoms with Crippen molar-refractivity contribution in [2.24, 2.45) is 5.92 Å². The fourth-order valence-electron chi connectivity index (χ4n) is 1.69. The summed E-state index contributed by atoms with van der Waals surface area (Å²) in [6.45, 7) is 8.41. The number of carbonyl (C=O) groups is 1. The molecule has 0 spiro atoms. The molecule has 0 unspecified atom stereocenters. The molecular formula is C15H23NO3. The van der Waals surface area contributed by atoms with E-state index < -0.39 is 0 Å². The summed E-state index contributed by atoms with van der Waals surface area (Å²) in [6.07, 6.45) is -0.595. The van der Waals surface area contributed by atoms with Crippen LogP contribution in [0.15, 0.2) is 24.3 Å². The van der Waals surface area contributed by atoms with Crippen LogP contribution in [0.2, 0.25) is 0 Å². The van der Waals surface area contributed by atoms with Crippen LogP contribution < -0.4 is 10.1 Å². The van der Waals surface area contributed by atoms with E-state index in [1.165, 1.54) is 0 Å². The topological polar surface area (TPSA) is 47.6 Å². The summed E-state index contributed by atoms with van der Waals surface area (Å²) in [6, 6.07) is 7.53. The van der Waals surface area contributed by atoms with Gasteiger partial charge in [-0.2, -0.15) is 0 Å². The Morgan fingerprint density at radius 2 is 1.95 bits per heavy atom. The molecule has 2 rings (SSSR count). The van der Waals surface area contributed by atoms with E-state index in [0.29, 0.717) is 0 Å². The van der Waals surface area contributed by atoms with Crippen molar-refractivity contribution in [3.05, 3.63) is 29.8 Å². The predicted molar refractivity (Wildman–Crippen MR) is 75.3 cm³/mol. The number of alkyl carbamates (subject to hydrolysis) is 1. The van der Waals surface area contributed by atoms with Gasteiger partial charge in [0, 0.05) is 0 Å². The monoisotopic (exact) mass is 265 g/mol. The number of nitrogens with one attached hydrogen (secondary N) is 1. The maximum absolute atomic E-state index is 11.0. The average molecular weight is 265 g/mol. The zero-order valence-electron chi connectivity index (χ0n) is 12.3. The van der Waals surface area contributed by atoms with Crippen molar-refractivity contribution in [2.75, 3.05) is 7.11 Å². The second-order valence-electron chi connectivity index (χ2n) is 5.27. The second-order valence-corrected chi connectivity index (χ2v) is 5.27. The van der Waals surface area contributed by atoms with Crippen LogP contribution in [0.1, 0.15) is 39.4 Å². The summed E-state index contributed by atoms with van der Waals surface area (Å²) < 4.78 is 10.3. The van der Waals surface area contributed by atoms with E-state index in [1.807, 2.05) is 31.2 Å². The SMILES string of the molecule is CC(C)C.COc1cccc([C@H]2OC(=O)N[C@H]2C)c1. The first-order valence-electron chi connectivity index (χ1n) is 6.55. The molecule has 1 aliphatic rings. The first kappa shape index (κ1) is 15.3. The number of rotatable bonds is 2. The van der Waals surface area contributed by atoms with Crippen molar-refractivity contribution in [3.63, 3.8) is 0 Å². The molecular weight excluding hydrogens is 242 g/mol. The molecule has 1 aromatic rings. The van der Waals surface area contributed by atoms with Gasteiger partial charge in [-0.3, -0.25) is 0 Å². The molecule has 0 aromatic heterocycles. The van der Waals surface area contributed by atoms with Crippen LogP contribution in [0, 0.1) is 5.92 Å². The molecule has 0 saturated carbocycles. The van der Waals surface area contributed by atoms with Crippen LogP contribution in [0.5, 0.6) is 5.75 Å². The third-order valence-corrected chi connectivity index (χ3v) is 2.46. The molecule has 1 aromatic carbocycles. The average Bonchev–Trinajstić information content (AvgIpc) is 2.68. The van der Waals surface area contributed by atoms with Crippen molar-refractivity contribution in [2.45, 2.75) is 39.8 Å². The van der Waals surface area contributed by atoms with Crippen LogP contribution in [0.3, 0.4) is 0 Å². The predicted octanol–water partition coefficient (Wildman–Crippen LogP) is 3.53. The van der Waals surface area contributed by atoms with E-state index in [2.05, 4.69) is 26.1 Å². The quantitative estimate of drug-likeness (QED) is 0.890. The van der Waals surface area contributed by atoms with E-state index in [4.69, 9.17) is 9.47 Å². The Hall–Kier alpha value is -1.71. The van der Waals surface area contributed by atoms with Gasteiger partial charge in [0.2, 0.25) is 0 Å². The van der Waals surface area contributed by atoms with Crippen LogP contribution in [-0.2, 0) is 4.74 Å². The molecule has 106 valence electrons. The van der Waals surface area contributed by atoms with Crippen LogP contribution >= 0.6 is 0 Å². The fourth-order valence-corrected chi connectivity index (χ4v) is 1.69. The minimum atomic E-state index is -0.365. The first-order chi connectivity index (χ1) is 8.93. The molecule has 1 N–H and O–H groups in total. The Balaban J connectivity index is 0.000000399. The summed E-state index contributed by atoms with van der Waals surface area (Å²) >= 11 is 0. The van der Waals surface area contributed by atoms with E-state index >= 15 is 0 Å². The van der Waals surface area contributed by atoms with Gasteiger partial charge in [-0.25, -0.2) is 4.79 Å². The summed E-state index contributed by atoms with van der Waals surface area (Å²) in [5.74, 6) is 1.60. The molecule has 19 heavy (non-hydrogen) atoms. The standard InChI is InChI=1S/C11H13NO3.C4H10/c1-7-10(15-11(13)12-7)8-4-3-5-9(6-8)14-2;1-4(2)3/h3-7,10H,1-2H3,(H,12,13);4H,1-3H3/t7-,10-;/m0./s1. The number of methoxy groups -OCH3 is 1. The highest BCUT2D eigenvalue weighted by atomic mass is 16.6. The molecule has 2 atom stereocenters. The molecule has 1 fully saturated rings. The Morgan fingerprint density at radius 3 is 2.42 bits per heavy atom. The van der Waals surface area contributed by atoms with Crippen molar-refractivity contribution < 1.29 is 14.3 Å². The molecule has 4 nitrogen and oxygen atoms in total. The van der Waals surface area contributed by atoms with Gasteiger partial charge in [-0.1, -0.05) is 32.9 Å². The highest BCUT2D eigenvalue weighted by Gasteiger charge is 2.31. The molecule has 0 aliphatic carbocycles. The van der Waals surface area contributed by atoms with Crippen LogP contribution in [0.25, 0.3) is 0 Å². The van der Waals surface area contributed by atoms with Gasteiger partial charge in [0.15, 0.2) is 0 Å². The molecule has 4 heteroatoms.